The summed E-state index contributed by atoms with van der Waals surface area (Å²) in [6.45, 7) is 5.18. The first-order valence-electron chi connectivity index (χ1n) is 8.39. The van der Waals surface area contributed by atoms with Crippen molar-refractivity contribution in [1.82, 2.24) is 10.2 Å². The Balaban J connectivity index is 2.56. The zero-order chi connectivity index (χ0) is 17.3. The molecule has 0 heterocycles. The van der Waals surface area contributed by atoms with Gasteiger partial charge in [0.25, 0.3) is 0 Å². The number of nitrogens with one attached hydrogen (secondary N) is 2. The molecule has 1 aromatic rings. The summed E-state index contributed by atoms with van der Waals surface area (Å²) in [6.07, 6.45) is 3.18. The lowest BCUT2D eigenvalue weighted by Gasteiger charge is -2.27. The summed E-state index contributed by atoms with van der Waals surface area (Å²) in [4.78, 5) is 14.1. The van der Waals surface area contributed by atoms with Crippen molar-refractivity contribution in [3.05, 3.63) is 29.8 Å². The van der Waals surface area contributed by atoms with Crippen molar-refractivity contribution in [2.45, 2.75) is 51.7 Å². The fourth-order valence-electron chi connectivity index (χ4n) is 2.77. The zero-order valence-electron chi connectivity index (χ0n) is 14.9. The van der Waals surface area contributed by atoms with Gasteiger partial charge in [0, 0.05) is 18.8 Å². The van der Waals surface area contributed by atoms with E-state index in [1.165, 1.54) is 0 Å². The summed E-state index contributed by atoms with van der Waals surface area (Å²) in [6, 6.07) is 7.51. The first kappa shape index (κ1) is 19.5. The van der Waals surface area contributed by atoms with Crippen LogP contribution in [0.1, 0.15) is 45.1 Å². The molecule has 0 aromatic heterocycles. The van der Waals surface area contributed by atoms with E-state index in [0.29, 0.717) is 12.8 Å². The van der Waals surface area contributed by atoms with Gasteiger partial charge in [0.1, 0.15) is 0 Å². The van der Waals surface area contributed by atoms with Crippen LogP contribution in [0.5, 0.6) is 0 Å². The lowest BCUT2D eigenvalue weighted by molar-refractivity contribution is 0.0245. The topological polar surface area (TPSA) is 64.6 Å². The minimum Gasteiger partial charge on any atom is -0.388 e. The molecule has 0 aliphatic heterocycles. The molecular formula is C18H31N3O2. The van der Waals surface area contributed by atoms with Crippen molar-refractivity contribution < 1.29 is 9.90 Å². The first-order valence-corrected chi connectivity index (χ1v) is 8.39. The Morgan fingerprint density at radius 1 is 1.22 bits per heavy atom. The Morgan fingerprint density at radius 2 is 1.87 bits per heavy atom. The van der Waals surface area contributed by atoms with Crippen LogP contribution in [0.15, 0.2) is 24.3 Å². The largest absolute Gasteiger partial charge is 0.388 e. The van der Waals surface area contributed by atoms with E-state index in [1.54, 1.807) is 0 Å². The molecule has 0 fully saturated rings. The van der Waals surface area contributed by atoms with Gasteiger partial charge in [-0.1, -0.05) is 38.8 Å². The second kappa shape index (κ2) is 9.53. The summed E-state index contributed by atoms with van der Waals surface area (Å²) in [5.74, 6) is 0. The van der Waals surface area contributed by atoms with Crippen LogP contribution in [0.25, 0.3) is 0 Å². The maximum Gasteiger partial charge on any atom is 0.319 e. The van der Waals surface area contributed by atoms with Crippen LogP contribution in [0.3, 0.4) is 0 Å². The van der Waals surface area contributed by atoms with Crippen LogP contribution in [0.4, 0.5) is 10.5 Å². The van der Waals surface area contributed by atoms with Crippen LogP contribution in [-0.2, 0) is 6.54 Å². The normalized spacial score (nSPS) is 11.6. The van der Waals surface area contributed by atoms with E-state index in [1.807, 2.05) is 52.2 Å². The Bertz CT molecular complexity index is 483. The zero-order valence-corrected chi connectivity index (χ0v) is 14.9. The molecule has 0 atom stereocenters. The standard InChI is InChI=1S/C18H31N3O2/c1-5-10-18(23,11-6-2)14-19-17(22)20-16-9-7-8-15(12-16)13-21(3)4/h7-9,12,23H,5-6,10-11,13-14H2,1-4H3,(H2,19,20,22). The third-order valence-electron chi connectivity index (χ3n) is 3.69. The fraction of sp³-hybridized carbons (Fsp3) is 0.611. The molecule has 1 rings (SSSR count). The lowest BCUT2D eigenvalue weighted by atomic mass is 9.93. The molecule has 0 bridgehead atoms. The summed E-state index contributed by atoms with van der Waals surface area (Å²) >= 11 is 0. The van der Waals surface area contributed by atoms with Gasteiger partial charge in [-0.2, -0.15) is 0 Å². The number of urea groups is 1. The second-order valence-corrected chi connectivity index (χ2v) is 6.47. The average molecular weight is 321 g/mol. The number of carbonyl (C=O) groups excluding carboxylic acids is 1. The van der Waals surface area contributed by atoms with E-state index in [-0.39, 0.29) is 12.6 Å². The molecule has 0 radical (unpaired) electrons. The van der Waals surface area contributed by atoms with Gasteiger partial charge in [0.2, 0.25) is 0 Å². The summed E-state index contributed by atoms with van der Waals surface area (Å²) in [5.41, 5.74) is 1.09. The van der Waals surface area contributed by atoms with Crippen LogP contribution < -0.4 is 10.6 Å². The monoisotopic (exact) mass is 321 g/mol. The van der Waals surface area contributed by atoms with Gasteiger partial charge in [-0.15, -0.1) is 0 Å². The third-order valence-corrected chi connectivity index (χ3v) is 3.69. The van der Waals surface area contributed by atoms with E-state index in [9.17, 15) is 9.90 Å². The summed E-state index contributed by atoms with van der Waals surface area (Å²) < 4.78 is 0. The smallest absolute Gasteiger partial charge is 0.319 e. The van der Waals surface area contributed by atoms with Crippen molar-refractivity contribution in [3.63, 3.8) is 0 Å². The lowest BCUT2D eigenvalue weighted by Crippen LogP contribution is -2.44. The fourth-order valence-corrected chi connectivity index (χ4v) is 2.77. The van der Waals surface area contributed by atoms with Crippen molar-refractivity contribution in [3.8, 4) is 0 Å². The Morgan fingerprint density at radius 3 is 2.43 bits per heavy atom. The number of nitrogens with zero attached hydrogens (tertiary/aromatic N) is 1. The molecule has 2 amide bonds. The molecule has 0 spiro atoms. The van der Waals surface area contributed by atoms with E-state index >= 15 is 0 Å². The highest BCUT2D eigenvalue weighted by atomic mass is 16.3. The Kier molecular flexibility index (Phi) is 8.06. The maximum absolute atomic E-state index is 12.1. The number of hydrogen-bond acceptors (Lipinski definition) is 3. The molecule has 5 heteroatoms. The van der Waals surface area contributed by atoms with Crippen molar-refractivity contribution in [2.75, 3.05) is 26.0 Å². The number of aliphatic hydroxyl groups is 1. The summed E-state index contributed by atoms with van der Waals surface area (Å²) in [5, 5.41) is 16.1. The highest BCUT2D eigenvalue weighted by Gasteiger charge is 2.25. The molecular weight excluding hydrogens is 290 g/mol. The number of rotatable bonds is 9. The van der Waals surface area contributed by atoms with Gasteiger partial charge in [-0.3, -0.25) is 0 Å². The van der Waals surface area contributed by atoms with E-state index in [2.05, 4.69) is 15.5 Å². The van der Waals surface area contributed by atoms with Crippen LogP contribution >= 0.6 is 0 Å². The molecule has 1 aromatic carbocycles. The number of carbonyl (C=O) groups is 1. The molecule has 0 saturated heterocycles. The predicted octanol–water partition coefficient (Wildman–Crippen LogP) is 3.20. The summed E-state index contributed by atoms with van der Waals surface area (Å²) in [7, 11) is 4.02. The number of anilines is 1. The second-order valence-electron chi connectivity index (χ2n) is 6.47. The van der Waals surface area contributed by atoms with E-state index in [0.717, 1.165) is 30.6 Å². The Hall–Kier alpha value is -1.59. The molecule has 130 valence electrons. The SMILES string of the molecule is CCCC(O)(CCC)CNC(=O)Nc1cccc(CN(C)C)c1. The minimum atomic E-state index is -0.812. The number of hydrogen-bond donors (Lipinski definition) is 3. The average Bonchev–Trinajstić information content (AvgIpc) is 2.45. The van der Waals surface area contributed by atoms with Crippen molar-refractivity contribution in [1.29, 1.82) is 0 Å². The van der Waals surface area contributed by atoms with E-state index < -0.39 is 5.60 Å². The van der Waals surface area contributed by atoms with Gasteiger partial charge in [-0.25, -0.2) is 4.79 Å². The van der Waals surface area contributed by atoms with Crippen molar-refractivity contribution >= 4 is 11.7 Å². The molecule has 0 aliphatic carbocycles. The highest BCUT2D eigenvalue weighted by Crippen LogP contribution is 2.18. The van der Waals surface area contributed by atoms with Gasteiger partial charge in [-0.05, 0) is 44.6 Å². The molecule has 0 aliphatic rings. The first-order chi connectivity index (χ1) is 10.9. The molecule has 0 unspecified atom stereocenters. The highest BCUT2D eigenvalue weighted by molar-refractivity contribution is 5.89. The van der Waals surface area contributed by atoms with Gasteiger partial charge >= 0.3 is 6.03 Å². The minimum absolute atomic E-state index is 0.276. The predicted molar refractivity (Wildman–Crippen MR) is 95.6 cm³/mol. The Labute approximate surface area is 140 Å². The van der Waals surface area contributed by atoms with Gasteiger partial charge in [0.15, 0.2) is 0 Å². The van der Waals surface area contributed by atoms with Crippen LogP contribution in [-0.4, -0.2) is 42.3 Å². The maximum atomic E-state index is 12.1. The van der Waals surface area contributed by atoms with Gasteiger partial charge < -0.3 is 20.6 Å². The van der Waals surface area contributed by atoms with Crippen molar-refractivity contribution in [2.24, 2.45) is 0 Å². The quantitative estimate of drug-likeness (QED) is 0.654. The molecule has 5 nitrogen and oxygen atoms in total. The van der Waals surface area contributed by atoms with E-state index in [4.69, 9.17) is 0 Å². The molecule has 23 heavy (non-hydrogen) atoms. The third kappa shape index (κ3) is 7.48. The molecule has 3 N–H and O–H groups in total. The molecule has 0 saturated carbocycles. The van der Waals surface area contributed by atoms with Crippen LogP contribution in [0.2, 0.25) is 0 Å². The van der Waals surface area contributed by atoms with Crippen LogP contribution in [0, 0.1) is 0 Å². The van der Waals surface area contributed by atoms with Gasteiger partial charge in [0.05, 0.1) is 5.60 Å². The number of benzene rings is 1. The number of amides is 2.